The molecule has 0 unspecified atom stereocenters. The van der Waals surface area contributed by atoms with Crippen LogP contribution in [0, 0.1) is 5.82 Å². The SMILES string of the molecule is CCCCNC(=O)CN(C)CCOc1ccccc1F. The number of halogens is 1. The quantitative estimate of drug-likeness (QED) is 0.705. The Labute approximate surface area is 119 Å². The van der Waals surface area contributed by atoms with E-state index in [1.165, 1.54) is 6.07 Å². The van der Waals surface area contributed by atoms with Crippen molar-refractivity contribution >= 4 is 5.91 Å². The summed E-state index contributed by atoms with van der Waals surface area (Å²) in [6.45, 7) is 4.03. The molecule has 0 saturated carbocycles. The number of likely N-dealkylation sites (N-methyl/N-ethyl adjacent to an activating group) is 1. The van der Waals surface area contributed by atoms with Crippen molar-refractivity contribution in [3.05, 3.63) is 30.1 Å². The van der Waals surface area contributed by atoms with Gasteiger partial charge < -0.3 is 10.1 Å². The first-order valence-corrected chi connectivity index (χ1v) is 6.96. The molecule has 1 amide bonds. The maximum atomic E-state index is 13.3. The third-order valence-corrected chi connectivity index (χ3v) is 2.83. The van der Waals surface area contributed by atoms with Gasteiger partial charge in [0.1, 0.15) is 6.61 Å². The first-order valence-electron chi connectivity index (χ1n) is 6.96. The van der Waals surface area contributed by atoms with Crippen molar-refractivity contribution in [2.75, 3.05) is 33.3 Å². The van der Waals surface area contributed by atoms with Crippen LogP contribution in [0.3, 0.4) is 0 Å². The lowest BCUT2D eigenvalue weighted by atomic mass is 10.3. The van der Waals surface area contributed by atoms with Crippen LogP contribution in [0.4, 0.5) is 4.39 Å². The maximum absolute atomic E-state index is 13.3. The second-order valence-corrected chi connectivity index (χ2v) is 4.72. The molecule has 0 atom stereocenters. The largest absolute Gasteiger partial charge is 0.489 e. The van der Waals surface area contributed by atoms with Crippen molar-refractivity contribution < 1.29 is 13.9 Å². The minimum atomic E-state index is -0.368. The third-order valence-electron chi connectivity index (χ3n) is 2.83. The molecule has 0 heterocycles. The fraction of sp³-hybridized carbons (Fsp3) is 0.533. The van der Waals surface area contributed by atoms with E-state index in [0.29, 0.717) is 19.7 Å². The molecule has 4 nitrogen and oxygen atoms in total. The Balaban J connectivity index is 2.18. The summed E-state index contributed by atoms with van der Waals surface area (Å²) in [6, 6.07) is 6.30. The maximum Gasteiger partial charge on any atom is 0.234 e. The number of ether oxygens (including phenoxy) is 1. The molecule has 1 aromatic carbocycles. The number of nitrogens with one attached hydrogen (secondary N) is 1. The Morgan fingerprint density at radius 3 is 2.85 bits per heavy atom. The van der Waals surface area contributed by atoms with Crippen molar-refractivity contribution in [1.29, 1.82) is 0 Å². The van der Waals surface area contributed by atoms with Crippen LogP contribution in [0.5, 0.6) is 5.75 Å². The topological polar surface area (TPSA) is 41.6 Å². The van der Waals surface area contributed by atoms with Gasteiger partial charge in [0.2, 0.25) is 5.91 Å². The van der Waals surface area contributed by atoms with Gasteiger partial charge in [0.15, 0.2) is 11.6 Å². The minimum Gasteiger partial charge on any atom is -0.489 e. The number of amides is 1. The second kappa shape index (κ2) is 9.31. The van der Waals surface area contributed by atoms with E-state index >= 15 is 0 Å². The lowest BCUT2D eigenvalue weighted by Crippen LogP contribution is -2.37. The van der Waals surface area contributed by atoms with Crippen LogP contribution < -0.4 is 10.1 Å². The zero-order chi connectivity index (χ0) is 14.8. The molecule has 0 radical (unpaired) electrons. The Morgan fingerprint density at radius 2 is 2.15 bits per heavy atom. The van der Waals surface area contributed by atoms with Crippen LogP contribution in [-0.2, 0) is 4.79 Å². The number of carbonyl (C=O) groups excluding carboxylic acids is 1. The summed E-state index contributed by atoms with van der Waals surface area (Å²) in [5.41, 5.74) is 0. The molecule has 0 fully saturated rings. The van der Waals surface area contributed by atoms with Gasteiger partial charge in [-0.2, -0.15) is 0 Å². The molecular formula is C15H23FN2O2. The predicted molar refractivity (Wildman–Crippen MR) is 77.3 cm³/mol. The Bertz CT molecular complexity index is 413. The summed E-state index contributed by atoms with van der Waals surface area (Å²) in [5, 5.41) is 2.85. The molecule has 0 aromatic heterocycles. The van der Waals surface area contributed by atoms with Crippen molar-refractivity contribution in [3.63, 3.8) is 0 Å². The second-order valence-electron chi connectivity index (χ2n) is 4.72. The van der Waals surface area contributed by atoms with Crippen molar-refractivity contribution in [2.24, 2.45) is 0 Å². The molecule has 112 valence electrons. The molecule has 5 heteroatoms. The van der Waals surface area contributed by atoms with E-state index in [4.69, 9.17) is 4.74 Å². The number of para-hydroxylation sites is 1. The highest BCUT2D eigenvalue weighted by Crippen LogP contribution is 2.14. The molecule has 0 spiro atoms. The number of unbranched alkanes of at least 4 members (excludes halogenated alkanes) is 1. The number of carbonyl (C=O) groups is 1. The lowest BCUT2D eigenvalue weighted by Gasteiger charge is -2.16. The third kappa shape index (κ3) is 6.52. The fourth-order valence-electron chi connectivity index (χ4n) is 1.66. The lowest BCUT2D eigenvalue weighted by molar-refractivity contribution is -0.122. The highest BCUT2D eigenvalue weighted by atomic mass is 19.1. The van der Waals surface area contributed by atoms with Crippen LogP contribution in [0.1, 0.15) is 19.8 Å². The van der Waals surface area contributed by atoms with E-state index in [0.717, 1.165) is 19.4 Å². The van der Waals surface area contributed by atoms with Gasteiger partial charge in [-0.05, 0) is 25.6 Å². The van der Waals surface area contributed by atoms with Crippen LogP contribution in [0.15, 0.2) is 24.3 Å². The smallest absolute Gasteiger partial charge is 0.234 e. The number of hydrogen-bond acceptors (Lipinski definition) is 3. The van der Waals surface area contributed by atoms with Crippen molar-refractivity contribution in [1.82, 2.24) is 10.2 Å². The molecule has 1 rings (SSSR count). The highest BCUT2D eigenvalue weighted by Gasteiger charge is 2.07. The van der Waals surface area contributed by atoms with E-state index in [1.54, 1.807) is 18.2 Å². The molecular weight excluding hydrogens is 259 g/mol. The molecule has 0 aliphatic heterocycles. The van der Waals surface area contributed by atoms with Crippen LogP contribution in [0.25, 0.3) is 0 Å². The highest BCUT2D eigenvalue weighted by molar-refractivity contribution is 5.77. The monoisotopic (exact) mass is 282 g/mol. The molecule has 0 aliphatic rings. The Hall–Kier alpha value is -1.62. The molecule has 1 aromatic rings. The van der Waals surface area contributed by atoms with Crippen LogP contribution >= 0.6 is 0 Å². The van der Waals surface area contributed by atoms with Gasteiger partial charge in [-0.25, -0.2) is 4.39 Å². The van der Waals surface area contributed by atoms with Gasteiger partial charge in [-0.15, -0.1) is 0 Å². The zero-order valence-corrected chi connectivity index (χ0v) is 12.2. The average molecular weight is 282 g/mol. The number of benzene rings is 1. The molecule has 0 saturated heterocycles. The van der Waals surface area contributed by atoms with E-state index in [9.17, 15) is 9.18 Å². The van der Waals surface area contributed by atoms with Gasteiger partial charge >= 0.3 is 0 Å². The molecule has 20 heavy (non-hydrogen) atoms. The van der Waals surface area contributed by atoms with E-state index in [-0.39, 0.29) is 17.5 Å². The Kier molecular flexibility index (Phi) is 7.65. The summed E-state index contributed by atoms with van der Waals surface area (Å²) in [4.78, 5) is 13.4. The van der Waals surface area contributed by atoms with Gasteiger partial charge in [0.05, 0.1) is 6.54 Å². The predicted octanol–water partition coefficient (Wildman–Crippen LogP) is 2.05. The molecule has 0 aliphatic carbocycles. The number of nitrogens with zero attached hydrogens (tertiary/aromatic N) is 1. The van der Waals surface area contributed by atoms with E-state index in [2.05, 4.69) is 12.2 Å². The summed E-state index contributed by atoms with van der Waals surface area (Å²) < 4.78 is 18.6. The number of rotatable bonds is 9. The first-order chi connectivity index (χ1) is 9.63. The summed E-state index contributed by atoms with van der Waals surface area (Å²) in [7, 11) is 1.84. The first kappa shape index (κ1) is 16.4. The summed E-state index contributed by atoms with van der Waals surface area (Å²) in [5.74, 6) is -0.118. The molecule has 0 bridgehead atoms. The van der Waals surface area contributed by atoms with E-state index in [1.807, 2.05) is 11.9 Å². The van der Waals surface area contributed by atoms with Crippen LogP contribution in [0.2, 0.25) is 0 Å². The summed E-state index contributed by atoms with van der Waals surface area (Å²) >= 11 is 0. The normalized spacial score (nSPS) is 10.6. The van der Waals surface area contributed by atoms with Crippen LogP contribution in [-0.4, -0.2) is 44.1 Å². The van der Waals surface area contributed by atoms with Gasteiger partial charge in [-0.3, -0.25) is 9.69 Å². The van der Waals surface area contributed by atoms with Gasteiger partial charge in [0.25, 0.3) is 0 Å². The van der Waals surface area contributed by atoms with Gasteiger partial charge in [0, 0.05) is 13.1 Å². The minimum absolute atomic E-state index is 0.00633. The zero-order valence-electron chi connectivity index (χ0n) is 12.2. The van der Waals surface area contributed by atoms with Crippen molar-refractivity contribution in [3.8, 4) is 5.75 Å². The Morgan fingerprint density at radius 1 is 1.40 bits per heavy atom. The summed E-state index contributed by atoms with van der Waals surface area (Å²) in [6.07, 6.45) is 2.05. The fourth-order valence-corrected chi connectivity index (χ4v) is 1.66. The van der Waals surface area contributed by atoms with Crippen molar-refractivity contribution in [2.45, 2.75) is 19.8 Å². The van der Waals surface area contributed by atoms with Gasteiger partial charge in [-0.1, -0.05) is 25.5 Å². The molecule has 1 N–H and O–H groups in total. The average Bonchev–Trinajstić information content (AvgIpc) is 2.41. The number of hydrogen-bond donors (Lipinski definition) is 1. The standard InChI is InChI=1S/C15H23FN2O2/c1-3-4-9-17-15(19)12-18(2)10-11-20-14-8-6-5-7-13(14)16/h5-8H,3-4,9-12H2,1-2H3,(H,17,19). The van der Waals surface area contributed by atoms with E-state index < -0.39 is 0 Å².